The molecule has 0 fully saturated rings. The Morgan fingerprint density at radius 1 is 1.04 bits per heavy atom. The van der Waals surface area contributed by atoms with Crippen LogP contribution in [0.1, 0.15) is 17.4 Å². The van der Waals surface area contributed by atoms with Crippen molar-refractivity contribution in [2.24, 2.45) is 0 Å². The summed E-state index contributed by atoms with van der Waals surface area (Å²) in [6, 6.07) is 15.2. The number of rotatable bonds is 4. The van der Waals surface area contributed by atoms with E-state index < -0.39 is 5.97 Å². The first-order chi connectivity index (χ1) is 13.2. The zero-order chi connectivity index (χ0) is 18.8. The number of esters is 1. The molecule has 1 aromatic carbocycles. The molecule has 27 heavy (non-hydrogen) atoms. The zero-order valence-electron chi connectivity index (χ0n) is 14.6. The monoisotopic (exact) mass is 361 g/mol. The van der Waals surface area contributed by atoms with Crippen molar-refractivity contribution in [1.29, 1.82) is 0 Å². The van der Waals surface area contributed by atoms with Crippen LogP contribution in [0.5, 0.6) is 0 Å². The average Bonchev–Trinajstić information content (AvgIpc) is 3.09. The predicted octanol–water partition coefficient (Wildman–Crippen LogP) is 4.38. The zero-order valence-corrected chi connectivity index (χ0v) is 14.6. The van der Waals surface area contributed by atoms with Gasteiger partial charge in [-0.3, -0.25) is 4.98 Å². The summed E-state index contributed by atoms with van der Waals surface area (Å²) in [5, 5.41) is 4.67. The molecule has 0 aliphatic rings. The number of carbonyl (C=O) groups excluding carboxylic acids is 1. The van der Waals surface area contributed by atoms with Gasteiger partial charge in [-0.1, -0.05) is 6.07 Å². The SMILES string of the molecule is CCOC(=O)c1cccc2c(-c3ccncc3)c(-c3ccc(F)cc3)nn12. The van der Waals surface area contributed by atoms with Gasteiger partial charge in [-0.25, -0.2) is 13.7 Å². The van der Waals surface area contributed by atoms with Crippen molar-refractivity contribution in [3.63, 3.8) is 0 Å². The molecule has 134 valence electrons. The summed E-state index contributed by atoms with van der Waals surface area (Å²) in [6.07, 6.45) is 3.39. The maximum atomic E-state index is 13.4. The van der Waals surface area contributed by atoms with Crippen molar-refractivity contribution >= 4 is 11.5 Å². The highest BCUT2D eigenvalue weighted by Gasteiger charge is 2.20. The first-order valence-corrected chi connectivity index (χ1v) is 8.54. The average molecular weight is 361 g/mol. The van der Waals surface area contributed by atoms with E-state index in [1.807, 2.05) is 18.2 Å². The molecule has 0 radical (unpaired) electrons. The van der Waals surface area contributed by atoms with E-state index in [1.54, 1.807) is 48.1 Å². The van der Waals surface area contributed by atoms with E-state index in [2.05, 4.69) is 10.1 Å². The second kappa shape index (κ2) is 6.99. The van der Waals surface area contributed by atoms with Gasteiger partial charge < -0.3 is 4.74 Å². The maximum Gasteiger partial charge on any atom is 0.356 e. The molecule has 0 spiro atoms. The van der Waals surface area contributed by atoms with E-state index in [0.29, 0.717) is 11.4 Å². The van der Waals surface area contributed by atoms with E-state index >= 15 is 0 Å². The molecule has 0 amide bonds. The Kier molecular flexibility index (Phi) is 4.38. The van der Waals surface area contributed by atoms with Gasteiger partial charge >= 0.3 is 5.97 Å². The molecule has 0 aliphatic heterocycles. The molecule has 0 saturated carbocycles. The van der Waals surface area contributed by atoms with Crippen molar-refractivity contribution in [1.82, 2.24) is 14.6 Å². The number of pyridine rings is 2. The fourth-order valence-electron chi connectivity index (χ4n) is 3.04. The molecule has 0 saturated heterocycles. The minimum absolute atomic E-state index is 0.276. The van der Waals surface area contributed by atoms with Crippen molar-refractivity contribution in [3.05, 3.63) is 78.5 Å². The minimum Gasteiger partial charge on any atom is -0.461 e. The van der Waals surface area contributed by atoms with Gasteiger partial charge in [0.05, 0.1) is 12.1 Å². The second-order valence-corrected chi connectivity index (χ2v) is 5.89. The van der Waals surface area contributed by atoms with Crippen LogP contribution in [0.2, 0.25) is 0 Å². The molecule has 3 heterocycles. The summed E-state index contributed by atoms with van der Waals surface area (Å²) in [5.41, 5.74) is 4.24. The summed E-state index contributed by atoms with van der Waals surface area (Å²) in [6.45, 7) is 2.03. The fourth-order valence-corrected chi connectivity index (χ4v) is 3.04. The number of fused-ring (bicyclic) bond motifs is 1. The maximum absolute atomic E-state index is 13.4. The number of benzene rings is 1. The summed E-state index contributed by atoms with van der Waals surface area (Å²) < 4.78 is 20.1. The van der Waals surface area contributed by atoms with Gasteiger partial charge in [0.15, 0.2) is 5.69 Å². The third-order valence-corrected chi connectivity index (χ3v) is 4.23. The Labute approximate surface area is 155 Å². The van der Waals surface area contributed by atoms with Crippen LogP contribution in [0.4, 0.5) is 4.39 Å². The number of carbonyl (C=O) groups is 1. The largest absolute Gasteiger partial charge is 0.461 e. The van der Waals surface area contributed by atoms with Gasteiger partial charge in [0.1, 0.15) is 11.5 Å². The van der Waals surface area contributed by atoms with Crippen molar-refractivity contribution in [2.45, 2.75) is 6.92 Å². The third-order valence-electron chi connectivity index (χ3n) is 4.23. The molecule has 0 aliphatic carbocycles. The van der Waals surface area contributed by atoms with Crippen LogP contribution in [0.25, 0.3) is 27.9 Å². The smallest absolute Gasteiger partial charge is 0.356 e. The van der Waals surface area contributed by atoms with Crippen LogP contribution < -0.4 is 0 Å². The van der Waals surface area contributed by atoms with Gasteiger partial charge in [-0.05, 0) is 61.0 Å². The fraction of sp³-hybridized carbons (Fsp3) is 0.0952. The summed E-state index contributed by atoms with van der Waals surface area (Å²) >= 11 is 0. The lowest BCUT2D eigenvalue weighted by Crippen LogP contribution is -2.10. The van der Waals surface area contributed by atoms with E-state index in [4.69, 9.17) is 4.74 Å². The van der Waals surface area contributed by atoms with Crippen LogP contribution in [-0.2, 0) is 4.74 Å². The Hall–Kier alpha value is -3.54. The van der Waals surface area contributed by atoms with Gasteiger partial charge in [0.25, 0.3) is 0 Å². The van der Waals surface area contributed by atoms with Crippen LogP contribution >= 0.6 is 0 Å². The highest BCUT2D eigenvalue weighted by molar-refractivity contribution is 5.95. The van der Waals surface area contributed by atoms with E-state index in [1.165, 1.54) is 12.1 Å². The number of aromatic nitrogens is 3. The number of ether oxygens (including phenoxy) is 1. The molecule has 4 aromatic rings. The highest BCUT2D eigenvalue weighted by atomic mass is 19.1. The highest BCUT2D eigenvalue weighted by Crippen LogP contribution is 2.35. The summed E-state index contributed by atoms with van der Waals surface area (Å²) in [7, 11) is 0. The standard InChI is InChI=1S/C21H16FN3O2/c1-2-27-21(26)18-5-3-4-17-19(14-10-12-23-13-11-14)20(24-25(17)18)15-6-8-16(22)9-7-15/h3-13H,2H2,1H3. The normalized spacial score (nSPS) is 10.9. The third kappa shape index (κ3) is 3.06. The van der Waals surface area contributed by atoms with Crippen molar-refractivity contribution < 1.29 is 13.9 Å². The summed E-state index contributed by atoms with van der Waals surface area (Å²) in [4.78, 5) is 16.4. The van der Waals surface area contributed by atoms with Crippen LogP contribution in [0.15, 0.2) is 67.0 Å². The molecule has 0 bridgehead atoms. The van der Waals surface area contributed by atoms with E-state index in [0.717, 1.165) is 22.2 Å². The molecule has 6 heteroatoms. The molecule has 0 N–H and O–H groups in total. The van der Waals surface area contributed by atoms with Gasteiger partial charge in [-0.2, -0.15) is 5.10 Å². The van der Waals surface area contributed by atoms with Crippen LogP contribution in [-0.4, -0.2) is 27.2 Å². The molecule has 4 rings (SSSR count). The quantitative estimate of drug-likeness (QED) is 0.506. The van der Waals surface area contributed by atoms with Gasteiger partial charge in [0.2, 0.25) is 0 Å². The predicted molar refractivity (Wildman–Crippen MR) is 99.8 cm³/mol. The molecular weight excluding hydrogens is 345 g/mol. The van der Waals surface area contributed by atoms with Gasteiger partial charge in [-0.15, -0.1) is 0 Å². The van der Waals surface area contributed by atoms with Crippen molar-refractivity contribution in [3.8, 4) is 22.4 Å². The lowest BCUT2D eigenvalue weighted by Gasteiger charge is -2.05. The van der Waals surface area contributed by atoms with Crippen molar-refractivity contribution in [2.75, 3.05) is 6.61 Å². The molecule has 0 atom stereocenters. The molecular formula is C21H16FN3O2. The first-order valence-electron chi connectivity index (χ1n) is 8.54. The lowest BCUT2D eigenvalue weighted by molar-refractivity contribution is 0.0516. The Bertz CT molecular complexity index is 1110. The molecule has 3 aromatic heterocycles. The number of halogens is 1. The first kappa shape index (κ1) is 16.9. The summed E-state index contributed by atoms with van der Waals surface area (Å²) in [5.74, 6) is -0.766. The van der Waals surface area contributed by atoms with Gasteiger partial charge in [0, 0.05) is 23.5 Å². The number of hydrogen-bond donors (Lipinski definition) is 0. The second-order valence-electron chi connectivity index (χ2n) is 5.89. The van der Waals surface area contributed by atoms with Crippen LogP contribution in [0, 0.1) is 5.82 Å². The minimum atomic E-state index is -0.447. The number of nitrogens with zero attached hydrogens (tertiary/aromatic N) is 3. The number of hydrogen-bond acceptors (Lipinski definition) is 4. The van der Waals surface area contributed by atoms with E-state index in [9.17, 15) is 9.18 Å². The molecule has 5 nitrogen and oxygen atoms in total. The Morgan fingerprint density at radius 2 is 1.78 bits per heavy atom. The van der Waals surface area contributed by atoms with E-state index in [-0.39, 0.29) is 12.4 Å². The lowest BCUT2D eigenvalue weighted by atomic mass is 10.0. The van der Waals surface area contributed by atoms with Crippen LogP contribution in [0.3, 0.4) is 0 Å². The topological polar surface area (TPSA) is 56.5 Å². The Balaban J connectivity index is 2.02. The Morgan fingerprint density at radius 3 is 2.48 bits per heavy atom. The molecule has 0 unspecified atom stereocenters.